The lowest BCUT2D eigenvalue weighted by Crippen LogP contribution is -2.27. The van der Waals surface area contributed by atoms with E-state index in [2.05, 4.69) is 20.6 Å². The first-order valence-electron chi connectivity index (χ1n) is 10.2. The van der Waals surface area contributed by atoms with Crippen LogP contribution < -0.4 is 14.8 Å². The number of ether oxygens (including phenoxy) is 2. The van der Waals surface area contributed by atoms with Crippen LogP contribution in [-0.4, -0.2) is 52.2 Å². The number of rotatable bonds is 9. The van der Waals surface area contributed by atoms with E-state index >= 15 is 0 Å². The van der Waals surface area contributed by atoms with Crippen LogP contribution in [0.15, 0.2) is 59.6 Å². The highest BCUT2D eigenvalue weighted by Gasteiger charge is 2.12. The smallest absolute Gasteiger partial charge is 0.230 e. The Bertz CT molecular complexity index is 1260. The number of aromatic nitrogens is 4. The number of hydrogen-bond acceptors (Lipinski definition) is 7. The van der Waals surface area contributed by atoms with Crippen LogP contribution in [0.2, 0.25) is 0 Å². The minimum Gasteiger partial charge on any atom is -0.493 e. The van der Waals surface area contributed by atoms with E-state index in [1.807, 2.05) is 18.2 Å². The van der Waals surface area contributed by atoms with E-state index < -0.39 is 0 Å². The van der Waals surface area contributed by atoms with E-state index in [1.165, 1.54) is 23.9 Å². The van der Waals surface area contributed by atoms with Crippen molar-refractivity contribution in [2.75, 3.05) is 26.5 Å². The molecule has 0 saturated carbocycles. The lowest BCUT2D eigenvalue weighted by Gasteiger charge is -2.10. The van der Waals surface area contributed by atoms with E-state index in [9.17, 15) is 9.18 Å². The summed E-state index contributed by atoms with van der Waals surface area (Å²) in [5.74, 6) is 1.64. The lowest BCUT2D eigenvalue weighted by molar-refractivity contribution is -0.118. The number of methoxy groups -OCH3 is 2. The van der Waals surface area contributed by atoms with Crippen molar-refractivity contribution in [1.82, 2.24) is 25.1 Å². The summed E-state index contributed by atoms with van der Waals surface area (Å²) in [4.78, 5) is 12.3. The quantitative estimate of drug-likeness (QED) is 0.377. The monoisotopic (exact) mass is 467 g/mol. The zero-order valence-electron chi connectivity index (χ0n) is 18.1. The van der Waals surface area contributed by atoms with Gasteiger partial charge in [0, 0.05) is 12.1 Å². The first-order chi connectivity index (χ1) is 16.1. The zero-order valence-corrected chi connectivity index (χ0v) is 18.9. The topological polar surface area (TPSA) is 90.6 Å². The number of carbonyl (C=O) groups is 1. The van der Waals surface area contributed by atoms with Crippen molar-refractivity contribution in [3.8, 4) is 22.9 Å². The molecular weight excluding hydrogens is 445 g/mol. The fourth-order valence-electron chi connectivity index (χ4n) is 3.20. The first kappa shape index (κ1) is 22.5. The predicted molar refractivity (Wildman–Crippen MR) is 123 cm³/mol. The van der Waals surface area contributed by atoms with Gasteiger partial charge in [0.25, 0.3) is 0 Å². The Morgan fingerprint density at radius 1 is 1.03 bits per heavy atom. The van der Waals surface area contributed by atoms with Gasteiger partial charge in [-0.25, -0.2) is 4.39 Å². The highest BCUT2D eigenvalue weighted by molar-refractivity contribution is 7.99. The van der Waals surface area contributed by atoms with E-state index in [4.69, 9.17) is 9.47 Å². The van der Waals surface area contributed by atoms with Crippen LogP contribution in [0.25, 0.3) is 17.0 Å². The SMILES string of the molecule is COc1ccc(CCNC(=O)CSc2ccc3nnc(-c4ccc(F)cc4)n3n2)cc1OC. The summed E-state index contributed by atoms with van der Waals surface area (Å²) >= 11 is 1.31. The van der Waals surface area contributed by atoms with Gasteiger partial charge < -0.3 is 14.8 Å². The summed E-state index contributed by atoms with van der Waals surface area (Å²) < 4.78 is 25.4. The molecule has 33 heavy (non-hydrogen) atoms. The van der Waals surface area contributed by atoms with Crippen LogP contribution in [-0.2, 0) is 11.2 Å². The molecule has 4 aromatic rings. The molecule has 8 nitrogen and oxygen atoms in total. The maximum atomic E-state index is 13.2. The number of benzene rings is 2. The van der Waals surface area contributed by atoms with Gasteiger partial charge in [-0.2, -0.15) is 9.61 Å². The molecule has 1 amide bonds. The second-order valence-corrected chi connectivity index (χ2v) is 8.05. The molecule has 10 heteroatoms. The van der Waals surface area contributed by atoms with Crippen molar-refractivity contribution < 1.29 is 18.7 Å². The Hall–Kier alpha value is -3.66. The van der Waals surface area contributed by atoms with Crippen LogP contribution in [0.1, 0.15) is 5.56 Å². The summed E-state index contributed by atoms with van der Waals surface area (Å²) in [5.41, 5.74) is 2.30. The Kier molecular flexibility index (Phi) is 7.04. The molecule has 0 aliphatic heterocycles. The third-order valence-electron chi connectivity index (χ3n) is 4.88. The van der Waals surface area contributed by atoms with Gasteiger partial charge in [0.05, 0.1) is 20.0 Å². The van der Waals surface area contributed by atoms with E-state index in [-0.39, 0.29) is 17.5 Å². The number of thioether (sulfide) groups is 1. The van der Waals surface area contributed by atoms with Gasteiger partial charge in [0.1, 0.15) is 10.8 Å². The van der Waals surface area contributed by atoms with Crippen molar-refractivity contribution in [2.24, 2.45) is 0 Å². The zero-order chi connectivity index (χ0) is 23.2. The molecule has 0 bridgehead atoms. The van der Waals surface area contributed by atoms with Gasteiger partial charge in [0.15, 0.2) is 23.0 Å². The van der Waals surface area contributed by atoms with Gasteiger partial charge >= 0.3 is 0 Å². The van der Waals surface area contributed by atoms with Gasteiger partial charge in [0.2, 0.25) is 5.91 Å². The second kappa shape index (κ2) is 10.3. The molecule has 170 valence electrons. The summed E-state index contributed by atoms with van der Waals surface area (Å²) in [5, 5.41) is 16.3. The molecule has 0 aliphatic rings. The highest BCUT2D eigenvalue weighted by atomic mass is 32.2. The molecular formula is C23H22FN5O3S. The van der Waals surface area contributed by atoms with Crippen molar-refractivity contribution in [2.45, 2.75) is 11.4 Å². The third kappa shape index (κ3) is 5.40. The standard InChI is InChI=1S/C23H22FN5O3S/c1-31-18-8-3-15(13-19(18)32-2)11-12-25-21(30)14-33-22-10-9-20-26-27-23(29(20)28-22)16-4-6-17(24)7-5-16/h3-10,13H,11-12,14H2,1-2H3,(H,25,30). The van der Waals surface area contributed by atoms with Crippen LogP contribution in [0, 0.1) is 5.82 Å². The average Bonchev–Trinajstić information content (AvgIpc) is 3.26. The highest BCUT2D eigenvalue weighted by Crippen LogP contribution is 2.27. The molecule has 0 aliphatic carbocycles. The Labute approximate surface area is 194 Å². The Balaban J connectivity index is 1.33. The fourth-order valence-corrected chi connectivity index (χ4v) is 3.89. The van der Waals surface area contributed by atoms with Crippen LogP contribution in [0.3, 0.4) is 0 Å². The average molecular weight is 468 g/mol. The van der Waals surface area contributed by atoms with E-state index in [0.29, 0.717) is 46.5 Å². The molecule has 2 aromatic heterocycles. The van der Waals surface area contributed by atoms with Gasteiger partial charge in [-0.15, -0.1) is 10.2 Å². The van der Waals surface area contributed by atoms with Crippen molar-refractivity contribution in [1.29, 1.82) is 0 Å². The Morgan fingerprint density at radius 3 is 2.58 bits per heavy atom. The number of halogens is 1. The normalized spacial score (nSPS) is 10.9. The van der Waals surface area contributed by atoms with Crippen LogP contribution >= 0.6 is 11.8 Å². The summed E-state index contributed by atoms with van der Waals surface area (Å²) in [6.07, 6.45) is 0.669. The largest absolute Gasteiger partial charge is 0.493 e. The number of fused-ring (bicyclic) bond motifs is 1. The van der Waals surface area contributed by atoms with Gasteiger partial charge in [-0.1, -0.05) is 17.8 Å². The molecule has 0 saturated heterocycles. The van der Waals surface area contributed by atoms with Crippen molar-refractivity contribution in [3.63, 3.8) is 0 Å². The molecule has 2 aromatic carbocycles. The summed E-state index contributed by atoms with van der Waals surface area (Å²) in [6.45, 7) is 0.501. The molecule has 0 radical (unpaired) electrons. The number of nitrogens with one attached hydrogen (secondary N) is 1. The molecule has 1 N–H and O–H groups in total. The van der Waals surface area contributed by atoms with E-state index in [0.717, 1.165) is 5.56 Å². The number of hydrogen-bond donors (Lipinski definition) is 1. The van der Waals surface area contributed by atoms with Crippen LogP contribution in [0.5, 0.6) is 11.5 Å². The minimum absolute atomic E-state index is 0.0927. The molecule has 0 fully saturated rings. The van der Waals surface area contributed by atoms with Crippen molar-refractivity contribution in [3.05, 3.63) is 66.0 Å². The van der Waals surface area contributed by atoms with Crippen LogP contribution in [0.4, 0.5) is 4.39 Å². The Morgan fingerprint density at radius 2 is 1.82 bits per heavy atom. The maximum Gasteiger partial charge on any atom is 0.230 e. The third-order valence-corrected chi connectivity index (χ3v) is 5.80. The number of amides is 1. The molecule has 0 atom stereocenters. The van der Waals surface area contributed by atoms with Gasteiger partial charge in [-0.3, -0.25) is 4.79 Å². The molecule has 4 rings (SSSR count). The summed E-state index contributed by atoms with van der Waals surface area (Å²) in [7, 11) is 3.18. The first-order valence-corrected chi connectivity index (χ1v) is 11.1. The second-order valence-electron chi connectivity index (χ2n) is 7.05. The number of carbonyl (C=O) groups excluding carboxylic acids is 1. The molecule has 2 heterocycles. The predicted octanol–water partition coefficient (Wildman–Crippen LogP) is 3.40. The fraction of sp³-hybridized carbons (Fsp3) is 0.217. The van der Waals surface area contributed by atoms with Gasteiger partial charge in [-0.05, 0) is 60.5 Å². The maximum absolute atomic E-state index is 13.2. The molecule has 0 unspecified atom stereocenters. The summed E-state index contributed by atoms with van der Waals surface area (Å²) in [6, 6.07) is 15.2. The van der Waals surface area contributed by atoms with Crippen molar-refractivity contribution >= 4 is 23.3 Å². The number of nitrogens with zero attached hydrogens (tertiary/aromatic N) is 4. The lowest BCUT2D eigenvalue weighted by atomic mass is 10.1. The minimum atomic E-state index is -0.325. The van der Waals surface area contributed by atoms with E-state index in [1.54, 1.807) is 43.0 Å². The molecule has 0 spiro atoms.